The Morgan fingerprint density at radius 1 is 0.964 bits per heavy atom. The van der Waals surface area contributed by atoms with Gasteiger partial charge in [-0.2, -0.15) is 13.2 Å². The fourth-order valence-corrected chi connectivity index (χ4v) is 8.10. The van der Waals surface area contributed by atoms with Gasteiger partial charge in [0.15, 0.2) is 0 Å². The molecule has 288 valence electrons. The smallest absolute Gasteiger partial charge is 0.416 e. The number of phenolic OH excluding ortho intramolecular Hbond substituents is 1. The summed E-state index contributed by atoms with van der Waals surface area (Å²) in [7, 11) is 0. The third kappa shape index (κ3) is 8.49. The van der Waals surface area contributed by atoms with Crippen molar-refractivity contribution in [1.82, 2.24) is 20.1 Å². The zero-order chi connectivity index (χ0) is 38.7. The number of hydrogen-bond acceptors (Lipinski definition) is 7. The number of hydrogen-bond donors (Lipinski definition) is 5. The lowest BCUT2D eigenvalue weighted by atomic mass is 9.81. The average Bonchev–Trinajstić information content (AvgIpc) is 3.18. The molecule has 3 saturated heterocycles. The maximum absolute atomic E-state index is 14.3. The minimum Gasteiger partial charge on any atom is -0.506 e. The Morgan fingerprint density at radius 2 is 1.73 bits per heavy atom. The van der Waals surface area contributed by atoms with Crippen LogP contribution in [-0.4, -0.2) is 75.0 Å². The van der Waals surface area contributed by atoms with Gasteiger partial charge in [0.2, 0.25) is 5.56 Å². The minimum atomic E-state index is -4.62. The van der Waals surface area contributed by atoms with Gasteiger partial charge in [0, 0.05) is 24.5 Å². The van der Waals surface area contributed by atoms with Crippen LogP contribution in [0.25, 0.3) is 10.9 Å². The highest BCUT2D eigenvalue weighted by Gasteiger charge is 2.43. The van der Waals surface area contributed by atoms with Gasteiger partial charge in [-0.15, -0.1) is 0 Å². The summed E-state index contributed by atoms with van der Waals surface area (Å²) in [4.78, 5) is 31.1. The van der Waals surface area contributed by atoms with Crippen molar-refractivity contribution < 1.29 is 38.0 Å². The van der Waals surface area contributed by atoms with E-state index in [4.69, 9.17) is 4.74 Å². The van der Waals surface area contributed by atoms with Gasteiger partial charge in [-0.05, 0) is 103 Å². The van der Waals surface area contributed by atoms with E-state index in [-0.39, 0.29) is 54.9 Å². The highest BCUT2D eigenvalue weighted by molar-refractivity contribution is 5.87. The molecule has 0 radical (unpaired) electrons. The summed E-state index contributed by atoms with van der Waals surface area (Å²) >= 11 is 0. The van der Waals surface area contributed by atoms with E-state index < -0.39 is 35.5 Å². The number of halogens is 3. The van der Waals surface area contributed by atoms with Crippen molar-refractivity contribution in [3.8, 4) is 11.5 Å². The number of aromatic amines is 1. The number of carboxylic acid groups (broad SMARTS) is 1. The highest BCUT2D eigenvalue weighted by atomic mass is 19.4. The number of nitrogens with one attached hydrogen (secondary N) is 2. The number of piperidine rings is 3. The number of phenols is 1. The molecule has 5 aromatic rings. The fourth-order valence-electron chi connectivity index (χ4n) is 8.10. The molecule has 3 aliphatic heterocycles. The number of ether oxygens (including phenoxy) is 1. The van der Waals surface area contributed by atoms with Gasteiger partial charge in [0.1, 0.15) is 18.1 Å². The van der Waals surface area contributed by atoms with E-state index >= 15 is 0 Å². The summed E-state index contributed by atoms with van der Waals surface area (Å²) in [5.41, 5.74) is 1.39. The lowest BCUT2D eigenvalue weighted by Gasteiger charge is -2.50. The number of fused-ring (bicyclic) bond motifs is 4. The number of H-pyrrole nitrogens is 1. The van der Waals surface area contributed by atoms with Crippen LogP contribution < -0.4 is 15.6 Å². The fraction of sp³-hybridized carbons (Fsp3) is 0.333. The predicted octanol–water partition coefficient (Wildman–Crippen LogP) is 6.86. The quantitative estimate of drug-likeness (QED) is 0.0823. The van der Waals surface area contributed by atoms with Crippen LogP contribution in [0.1, 0.15) is 58.4 Å². The Morgan fingerprint density at radius 3 is 2.44 bits per heavy atom. The molecule has 10 nitrogen and oxygen atoms in total. The van der Waals surface area contributed by atoms with Gasteiger partial charge >= 0.3 is 12.3 Å². The molecule has 3 atom stereocenters. The molecular formula is C42H43F3N4O6. The lowest BCUT2D eigenvalue weighted by molar-refractivity contribution is -0.138. The molecular weight excluding hydrogens is 713 g/mol. The topological polar surface area (TPSA) is 138 Å². The third-order valence-electron chi connectivity index (χ3n) is 10.8. The Balaban J connectivity index is 1.03. The molecule has 3 aliphatic rings. The maximum atomic E-state index is 14.3. The van der Waals surface area contributed by atoms with E-state index in [1.165, 1.54) is 30.3 Å². The number of alkyl halides is 3. The summed E-state index contributed by atoms with van der Waals surface area (Å²) in [5.74, 6) is 0.531. The van der Waals surface area contributed by atoms with Crippen LogP contribution in [0.15, 0.2) is 102 Å². The Hall–Kier alpha value is -5.37. The average molecular weight is 757 g/mol. The number of carbonyl (C=O) groups is 1. The molecule has 8 rings (SSSR count). The van der Waals surface area contributed by atoms with Crippen molar-refractivity contribution in [2.45, 2.75) is 50.2 Å². The van der Waals surface area contributed by atoms with Crippen LogP contribution in [-0.2, 0) is 19.2 Å². The number of aliphatic hydroxyl groups is 1. The first-order valence-electron chi connectivity index (χ1n) is 18.4. The van der Waals surface area contributed by atoms with E-state index in [0.717, 1.165) is 37.6 Å². The molecule has 5 N–H and O–H groups in total. The van der Waals surface area contributed by atoms with Crippen LogP contribution in [0.5, 0.6) is 11.5 Å². The van der Waals surface area contributed by atoms with Crippen LogP contribution in [0.2, 0.25) is 0 Å². The number of pyridine rings is 1. The summed E-state index contributed by atoms with van der Waals surface area (Å²) in [5, 5.41) is 35.0. The molecule has 3 fully saturated rings. The summed E-state index contributed by atoms with van der Waals surface area (Å²) in [6.45, 7) is 2.65. The molecule has 4 aromatic carbocycles. The number of aromatic hydroxyl groups is 1. The molecule has 0 aliphatic carbocycles. The molecule has 1 aromatic heterocycles. The molecule has 4 heterocycles. The first-order valence-corrected chi connectivity index (χ1v) is 18.4. The van der Waals surface area contributed by atoms with Crippen LogP contribution in [0.3, 0.4) is 0 Å². The molecule has 0 spiro atoms. The molecule has 1 unspecified atom stereocenters. The Bertz CT molecular complexity index is 2190. The number of aliphatic hydroxyl groups excluding tert-OH is 1. The number of nitrogens with zero attached hydrogens (tertiary/aromatic N) is 2. The summed E-state index contributed by atoms with van der Waals surface area (Å²) in [6, 6.07) is 25.6. The van der Waals surface area contributed by atoms with E-state index in [1.54, 1.807) is 29.2 Å². The van der Waals surface area contributed by atoms with Crippen LogP contribution >= 0.6 is 0 Å². The number of benzene rings is 4. The molecule has 0 saturated carbocycles. The van der Waals surface area contributed by atoms with Gasteiger partial charge in [-0.1, -0.05) is 60.7 Å². The van der Waals surface area contributed by atoms with E-state index in [0.29, 0.717) is 34.4 Å². The summed E-state index contributed by atoms with van der Waals surface area (Å²) in [6.07, 6.45) is -4.75. The van der Waals surface area contributed by atoms with E-state index in [1.807, 2.05) is 36.4 Å². The highest BCUT2D eigenvalue weighted by Crippen LogP contribution is 2.39. The van der Waals surface area contributed by atoms with Gasteiger partial charge in [-0.3, -0.25) is 9.69 Å². The number of aromatic nitrogens is 1. The van der Waals surface area contributed by atoms with Gasteiger partial charge in [-0.25, -0.2) is 4.79 Å². The number of amides is 1. The maximum Gasteiger partial charge on any atom is 0.416 e. The van der Waals surface area contributed by atoms with Gasteiger partial charge in [0.25, 0.3) is 0 Å². The second kappa shape index (κ2) is 16.2. The third-order valence-corrected chi connectivity index (χ3v) is 10.8. The van der Waals surface area contributed by atoms with Crippen molar-refractivity contribution in [1.29, 1.82) is 0 Å². The molecule has 2 bridgehead atoms. The van der Waals surface area contributed by atoms with Gasteiger partial charge in [0.05, 0.1) is 29.3 Å². The standard InChI is InChI=1S/C42H43F3N4O6/c43-42(44,45)34-21-26(9-10-27(34)15-18-46-23-37(51)32-11-13-36(50)39-33(32)12-14-38(52)47-39)25-55-31-8-4-7-30(22-31)40(29-5-2-1-3-6-29)49(41(53)54)35-24-48-19-16-28(35)17-20-48/h1-14,21-22,28,35,37,40,46,50-51H,15-20,23-25H2,(H,47,52)(H,53,54)/t35-,37+,40?/m0/s1. The summed E-state index contributed by atoms with van der Waals surface area (Å²) < 4.78 is 49.0. The number of rotatable bonds is 13. The Kier molecular flexibility index (Phi) is 11.1. The normalized spacial score (nSPS) is 19.2. The van der Waals surface area contributed by atoms with Crippen molar-refractivity contribution in [2.24, 2.45) is 5.92 Å². The lowest BCUT2D eigenvalue weighted by Crippen LogP contribution is -2.59. The Labute approximate surface area is 315 Å². The van der Waals surface area contributed by atoms with Gasteiger partial charge < -0.3 is 35.3 Å². The zero-order valence-corrected chi connectivity index (χ0v) is 30.0. The van der Waals surface area contributed by atoms with Crippen LogP contribution in [0.4, 0.5) is 18.0 Å². The van der Waals surface area contributed by atoms with Crippen molar-refractivity contribution in [2.75, 3.05) is 32.7 Å². The van der Waals surface area contributed by atoms with E-state index in [2.05, 4.69) is 15.2 Å². The second-order valence-corrected chi connectivity index (χ2v) is 14.3. The minimum absolute atomic E-state index is 0.0282. The first-order chi connectivity index (χ1) is 26.5. The molecule has 55 heavy (non-hydrogen) atoms. The predicted molar refractivity (Wildman–Crippen MR) is 201 cm³/mol. The monoisotopic (exact) mass is 756 g/mol. The SMILES string of the molecule is O=C(O)N(C(c1ccccc1)c1cccc(OCc2ccc(CCNC[C@@H](O)c3ccc(O)c4[nH]c(=O)ccc34)c(C(F)(F)F)c2)c1)[C@H]1CN2CCC1CC2. The van der Waals surface area contributed by atoms with Crippen molar-refractivity contribution in [3.05, 3.63) is 141 Å². The van der Waals surface area contributed by atoms with Crippen molar-refractivity contribution in [3.63, 3.8) is 0 Å². The molecule has 1 amide bonds. The molecule has 13 heteroatoms. The van der Waals surface area contributed by atoms with Crippen LogP contribution in [0, 0.1) is 5.92 Å². The zero-order valence-electron chi connectivity index (χ0n) is 30.0. The van der Waals surface area contributed by atoms with Crippen molar-refractivity contribution >= 4 is 17.0 Å². The largest absolute Gasteiger partial charge is 0.506 e. The second-order valence-electron chi connectivity index (χ2n) is 14.3. The van der Waals surface area contributed by atoms with E-state index in [9.17, 15) is 38.1 Å². The first kappa shape index (κ1) is 37.9.